The first-order valence-corrected chi connectivity index (χ1v) is 10.3. The summed E-state index contributed by atoms with van der Waals surface area (Å²) in [6.07, 6.45) is 10.9. The summed E-state index contributed by atoms with van der Waals surface area (Å²) in [5.74, 6) is -0.551. The second kappa shape index (κ2) is 13.5. The van der Waals surface area contributed by atoms with Gasteiger partial charge < -0.3 is 14.6 Å². The SMILES string of the molecule is CCCCCCCCC[C@@H]1OC[C@H](C)[C@H](OCCC)[C@@H]1NCC(=O)O. The van der Waals surface area contributed by atoms with Gasteiger partial charge in [0.25, 0.3) is 0 Å². The highest BCUT2D eigenvalue weighted by Crippen LogP contribution is 2.26. The zero-order valence-electron chi connectivity index (χ0n) is 16.5. The summed E-state index contributed by atoms with van der Waals surface area (Å²) in [6, 6.07) is -0.0357. The lowest BCUT2D eigenvalue weighted by atomic mass is 9.88. The van der Waals surface area contributed by atoms with Crippen LogP contribution in [0, 0.1) is 5.92 Å². The second-order valence-corrected chi connectivity index (χ2v) is 7.39. The van der Waals surface area contributed by atoms with E-state index < -0.39 is 5.97 Å². The Balaban J connectivity index is 2.47. The molecule has 0 aromatic rings. The number of carboxylic acids is 1. The van der Waals surface area contributed by atoms with Crippen molar-refractivity contribution in [3.63, 3.8) is 0 Å². The van der Waals surface area contributed by atoms with Crippen LogP contribution in [0.2, 0.25) is 0 Å². The van der Waals surface area contributed by atoms with E-state index >= 15 is 0 Å². The van der Waals surface area contributed by atoms with Crippen LogP contribution < -0.4 is 5.32 Å². The molecule has 4 atom stereocenters. The summed E-state index contributed by atoms with van der Waals surface area (Å²) in [5, 5.41) is 12.2. The molecule has 0 radical (unpaired) electrons. The molecule has 2 N–H and O–H groups in total. The second-order valence-electron chi connectivity index (χ2n) is 7.39. The van der Waals surface area contributed by atoms with E-state index in [-0.39, 0.29) is 30.7 Å². The molecule has 0 bridgehead atoms. The van der Waals surface area contributed by atoms with Gasteiger partial charge in [-0.2, -0.15) is 0 Å². The quantitative estimate of drug-likeness (QED) is 0.460. The van der Waals surface area contributed by atoms with E-state index in [4.69, 9.17) is 14.6 Å². The van der Waals surface area contributed by atoms with Crippen molar-refractivity contribution >= 4 is 5.97 Å². The third kappa shape index (κ3) is 9.02. The number of aliphatic carboxylic acids is 1. The Kier molecular flexibility index (Phi) is 12.1. The number of carboxylic acid groups (broad SMARTS) is 1. The molecule has 1 saturated heterocycles. The molecule has 25 heavy (non-hydrogen) atoms. The van der Waals surface area contributed by atoms with Crippen LogP contribution >= 0.6 is 0 Å². The minimum Gasteiger partial charge on any atom is -0.480 e. The zero-order valence-corrected chi connectivity index (χ0v) is 16.5. The smallest absolute Gasteiger partial charge is 0.317 e. The lowest BCUT2D eigenvalue weighted by Crippen LogP contribution is -2.58. The van der Waals surface area contributed by atoms with Crippen molar-refractivity contribution in [1.29, 1.82) is 0 Å². The molecule has 0 aliphatic carbocycles. The number of carbonyl (C=O) groups is 1. The summed E-state index contributed by atoms with van der Waals surface area (Å²) in [7, 11) is 0. The number of unbranched alkanes of at least 4 members (excludes halogenated alkanes) is 6. The molecule has 1 aliphatic heterocycles. The van der Waals surface area contributed by atoms with Gasteiger partial charge >= 0.3 is 5.97 Å². The fourth-order valence-corrected chi connectivity index (χ4v) is 3.58. The minimum atomic E-state index is -0.831. The van der Waals surface area contributed by atoms with Gasteiger partial charge in [0.15, 0.2) is 0 Å². The standard InChI is InChI=1S/C20H39NO4/c1-4-6-7-8-9-10-11-12-17-19(21-14-18(22)23)20(24-13-5-2)16(3)15-25-17/h16-17,19-21H,4-15H2,1-3H3,(H,22,23)/t16-,17-,19+,20-/m0/s1. The first kappa shape index (κ1) is 22.4. The van der Waals surface area contributed by atoms with Crippen molar-refractivity contribution in [2.45, 2.75) is 96.8 Å². The van der Waals surface area contributed by atoms with Crippen molar-refractivity contribution in [3.05, 3.63) is 0 Å². The van der Waals surface area contributed by atoms with Crippen molar-refractivity contribution in [2.75, 3.05) is 19.8 Å². The van der Waals surface area contributed by atoms with Gasteiger partial charge in [-0.15, -0.1) is 0 Å². The van der Waals surface area contributed by atoms with Crippen LogP contribution in [-0.4, -0.2) is 49.1 Å². The van der Waals surface area contributed by atoms with Crippen LogP contribution in [0.5, 0.6) is 0 Å². The third-order valence-electron chi connectivity index (χ3n) is 4.98. The summed E-state index contributed by atoms with van der Waals surface area (Å²) >= 11 is 0. The lowest BCUT2D eigenvalue weighted by molar-refractivity contribution is -0.142. The van der Waals surface area contributed by atoms with E-state index in [1.54, 1.807) is 0 Å². The number of hydrogen-bond acceptors (Lipinski definition) is 4. The molecule has 0 spiro atoms. The molecule has 0 unspecified atom stereocenters. The van der Waals surface area contributed by atoms with Gasteiger partial charge in [0.05, 0.1) is 31.4 Å². The van der Waals surface area contributed by atoms with Gasteiger partial charge in [-0.1, -0.05) is 65.7 Å². The fraction of sp³-hybridized carbons (Fsp3) is 0.950. The average molecular weight is 358 g/mol. The van der Waals surface area contributed by atoms with Gasteiger partial charge in [-0.05, 0) is 12.8 Å². The van der Waals surface area contributed by atoms with Gasteiger partial charge in [-0.3, -0.25) is 10.1 Å². The maximum atomic E-state index is 11.0. The molecule has 0 aromatic heterocycles. The Hall–Kier alpha value is -0.650. The summed E-state index contributed by atoms with van der Waals surface area (Å²) < 4.78 is 12.1. The molecule has 0 aromatic carbocycles. The molecule has 0 amide bonds. The van der Waals surface area contributed by atoms with E-state index in [2.05, 4.69) is 26.1 Å². The van der Waals surface area contributed by atoms with Crippen LogP contribution in [0.15, 0.2) is 0 Å². The van der Waals surface area contributed by atoms with Gasteiger partial charge in [0.2, 0.25) is 0 Å². The third-order valence-corrected chi connectivity index (χ3v) is 4.98. The Labute approximate surface area is 153 Å². The van der Waals surface area contributed by atoms with Crippen LogP contribution in [0.1, 0.15) is 78.6 Å². The number of ether oxygens (including phenoxy) is 2. The van der Waals surface area contributed by atoms with E-state index in [1.165, 1.54) is 38.5 Å². The van der Waals surface area contributed by atoms with E-state index in [0.717, 1.165) is 19.3 Å². The van der Waals surface area contributed by atoms with Crippen LogP contribution in [0.3, 0.4) is 0 Å². The van der Waals surface area contributed by atoms with E-state index in [0.29, 0.717) is 13.2 Å². The van der Waals surface area contributed by atoms with Crippen molar-refractivity contribution in [3.8, 4) is 0 Å². The van der Waals surface area contributed by atoms with Crippen LogP contribution in [0.25, 0.3) is 0 Å². The van der Waals surface area contributed by atoms with Crippen LogP contribution in [0.4, 0.5) is 0 Å². The molecule has 1 aliphatic rings. The molecule has 1 fully saturated rings. The molecule has 148 valence electrons. The molecule has 1 rings (SSSR count). The Morgan fingerprint density at radius 1 is 1.12 bits per heavy atom. The summed E-state index contributed by atoms with van der Waals surface area (Å²) in [6.45, 7) is 7.83. The normalized spacial score (nSPS) is 26.7. The Morgan fingerprint density at radius 2 is 1.80 bits per heavy atom. The average Bonchev–Trinajstić information content (AvgIpc) is 2.59. The van der Waals surface area contributed by atoms with Gasteiger partial charge in [0, 0.05) is 12.5 Å². The van der Waals surface area contributed by atoms with Crippen LogP contribution in [-0.2, 0) is 14.3 Å². The largest absolute Gasteiger partial charge is 0.480 e. The number of rotatable bonds is 14. The molecule has 1 heterocycles. The molecular weight excluding hydrogens is 318 g/mol. The topological polar surface area (TPSA) is 67.8 Å². The summed E-state index contributed by atoms with van der Waals surface area (Å²) in [4.78, 5) is 11.0. The number of nitrogens with one attached hydrogen (secondary N) is 1. The number of hydrogen-bond donors (Lipinski definition) is 2. The summed E-state index contributed by atoms with van der Waals surface area (Å²) in [5.41, 5.74) is 0. The highest BCUT2D eigenvalue weighted by molar-refractivity contribution is 5.69. The van der Waals surface area contributed by atoms with E-state index in [9.17, 15) is 4.79 Å². The monoisotopic (exact) mass is 357 g/mol. The molecule has 5 heteroatoms. The van der Waals surface area contributed by atoms with Gasteiger partial charge in [0.1, 0.15) is 0 Å². The Bertz CT molecular complexity index is 351. The van der Waals surface area contributed by atoms with Gasteiger partial charge in [-0.25, -0.2) is 0 Å². The lowest BCUT2D eigenvalue weighted by Gasteiger charge is -2.42. The predicted octanol–water partition coefficient (Wildman–Crippen LogP) is 4.00. The highest BCUT2D eigenvalue weighted by atomic mass is 16.5. The maximum absolute atomic E-state index is 11.0. The Morgan fingerprint density at radius 3 is 2.44 bits per heavy atom. The minimum absolute atomic E-state index is 0.0302. The van der Waals surface area contributed by atoms with Crippen molar-refractivity contribution in [2.24, 2.45) is 5.92 Å². The zero-order chi connectivity index (χ0) is 18.5. The first-order valence-electron chi connectivity index (χ1n) is 10.3. The fourth-order valence-electron chi connectivity index (χ4n) is 3.58. The first-order chi connectivity index (χ1) is 12.1. The molecule has 5 nitrogen and oxygen atoms in total. The predicted molar refractivity (Wildman–Crippen MR) is 101 cm³/mol. The molecule has 0 saturated carbocycles. The van der Waals surface area contributed by atoms with Crippen molar-refractivity contribution in [1.82, 2.24) is 5.32 Å². The van der Waals surface area contributed by atoms with Crippen molar-refractivity contribution < 1.29 is 19.4 Å². The highest BCUT2D eigenvalue weighted by Gasteiger charge is 2.38. The molecular formula is C20H39NO4. The maximum Gasteiger partial charge on any atom is 0.317 e. The van der Waals surface area contributed by atoms with E-state index in [1.807, 2.05) is 0 Å².